The van der Waals surface area contributed by atoms with Gasteiger partial charge < -0.3 is 4.90 Å². The van der Waals surface area contributed by atoms with E-state index in [-0.39, 0.29) is 11.9 Å². The molecule has 1 aromatic carbocycles. The molecule has 1 fully saturated rings. The first kappa shape index (κ1) is 14.1. The minimum atomic E-state index is 0.0792. The first-order valence-corrected chi connectivity index (χ1v) is 7.50. The Morgan fingerprint density at radius 1 is 1.43 bits per heavy atom. The number of hydrogen-bond acceptors (Lipinski definition) is 2. The van der Waals surface area contributed by atoms with Gasteiger partial charge in [0.15, 0.2) is 0 Å². The number of nitrogens with zero attached hydrogens (tertiary/aromatic N) is 3. The number of halogens is 1. The molecule has 3 rings (SSSR count). The Balaban J connectivity index is 1.89. The molecule has 110 valence electrons. The molecule has 0 unspecified atom stereocenters. The van der Waals surface area contributed by atoms with Crippen LogP contribution >= 0.6 is 11.6 Å². The largest absolute Gasteiger partial charge is 0.331 e. The van der Waals surface area contributed by atoms with E-state index in [1.165, 1.54) is 0 Å². The van der Waals surface area contributed by atoms with Gasteiger partial charge in [-0.3, -0.25) is 9.48 Å². The normalized spacial score (nSPS) is 18.2. The zero-order valence-electron chi connectivity index (χ0n) is 12.2. The summed E-state index contributed by atoms with van der Waals surface area (Å²) in [5, 5.41) is 4.88. The van der Waals surface area contributed by atoms with E-state index in [1.807, 2.05) is 43.4 Å². The van der Waals surface area contributed by atoms with Gasteiger partial charge in [0.1, 0.15) is 0 Å². The molecule has 0 radical (unpaired) electrons. The van der Waals surface area contributed by atoms with Crippen LogP contribution in [0.4, 0.5) is 0 Å². The van der Waals surface area contributed by atoms with Gasteiger partial charge >= 0.3 is 0 Å². The third kappa shape index (κ3) is 2.68. The zero-order valence-corrected chi connectivity index (χ0v) is 13.0. The van der Waals surface area contributed by atoms with E-state index in [2.05, 4.69) is 5.10 Å². The Morgan fingerprint density at radius 2 is 2.24 bits per heavy atom. The van der Waals surface area contributed by atoms with Crippen molar-refractivity contribution in [1.82, 2.24) is 14.7 Å². The van der Waals surface area contributed by atoms with Crippen LogP contribution in [0.3, 0.4) is 0 Å². The molecule has 1 saturated heterocycles. The first-order chi connectivity index (χ1) is 10.1. The second-order valence-corrected chi connectivity index (χ2v) is 6.00. The lowest BCUT2D eigenvalue weighted by atomic mass is 10.1. The maximum absolute atomic E-state index is 12.8. The van der Waals surface area contributed by atoms with Gasteiger partial charge in [0.05, 0.1) is 12.2 Å². The Labute approximate surface area is 129 Å². The van der Waals surface area contributed by atoms with E-state index in [1.54, 1.807) is 10.7 Å². The van der Waals surface area contributed by atoms with Crippen molar-refractivity contribution in [1.29, 1.82) is 0 Å². The molecule has 1 amide bonds. The van der Waals surface area contributed by atoms with E-state index >= 15 is 0 Å². The minimum Gasteiger partial charge on any atom is -0.331 e. The number of amides is 1. The van der Waals surface area contributed by atoms with Crippen LogP contribution in [-0.4, -0.2) is 27.1 Å². The molecule has 4 nitrogen and oxygen atoms in total. The zero-order chi connectivity index (χ0) is 15.0. The van der Waals surface area contributed by atoms with Crippen molar-refractivity contribution in [3.8, 4) is 0 Å². The summed E-state index contributed by atoms with van der Waals surface area (Å²) in [5.74, 6) is 0.0792. The molecule has 0 bridgehead atoms. The van der Waals surface area contributed by atoms with Crippen LogP contribution < -0.4 is 0 Å². The molecule has 1 aliphatic rings. The number of carbonyl (C=O) groups is 1. The number of likely N-dealkylation sites (tertiary alicyclic amines) is 1. The van der Waals surface area contributed by atoms with Crippen LogP contribution in [0.5, 0.6) is 0 Å². The molecule has 0 spiro atoms. The van der Waals surface area contributed by atoms with Crippen LogP contribution in [-0.2, 0) is 7.05 Å². The second kappa shape index (κ2) is 5.53. The summed E-state index contributed by atoms with van der Waals surface area (Å²) in [6.45, 7) is 2.72. The van der Waals surface area contributed by atoms with Crippen molar-refractivity contribution < 1.29 is 4.79 Å². The third-order valence-corrected chi connectivity index (χ3v) is 4.28. The average Bonchev–Trinajstić information content (AvgIpc) is 3.06. The van der Waals surface area contributed by atoms with Gasteiger partial charge in [-0.25, -0.2) is 0 Å². The molecule has 5 heteroatoms. The van der Waals surface area contributed by atoms with Crippen LogP contribution in [0.2, 0.25) is 5.02 Å². The Morgan fingerprint density at radius 3 is 2.90 bits per heavy atom. The maximum Gasteiger partial charge on any atom is 0.254 e. The maximum atomic E-state index is 12.8. The lowest BCUT2D eigenvalue weighted by Crippen LogP contribution is -2.30. The summed E-state index contributed by atoms with van der Waals surface area (Å²) < 4.78 is 1.78. The van der Waals surface area contributed by atoms with Crippen LogP contribution in [0.1, 0.15) is 40.4 Å². The van der Waals surface area contributed by atoms with Crippen molar-refractivity contribution in [3.63, 3.8) is 0 Å². The standard InChI is InChI=1S/C16H18ClN3O/c1-11-8-13(17)5-6-14(11)16(21)20-7-3-4-15(20)12-9-18-19(2)10-12/h5-6,8-10,15H,3-4,7H2,1-2H3/t15-/m1/s1. The lowest BCUT2D eigenvalue weighted by molar-refractivity contribution is 0.0735. The quantitative estimate of drug-likeness (QED) is 0.853. The van der Waals surface area contributed by atoms with Crippen molar-refractivity contribution in [3.05, 3.63) is 52.3 Å². The van der Waals surface area contributed by atoms with Crippen LogP contribution in [0, 0.1) is 6.92 Å². The summed E-state index contributed by atoms with van der Waals surface area (Å²) in [5.41, 5.74) is 2.76. The smallest absolute Gasteiger partial charge is 0.254 e. The number of aromatic nitrogens is 2. The summed E-state index contributed by atoms with van der Waals surface area (Å²) >= 11 is 5.97. The van der Waals surface area contributed by atoms with Gasteiger partial charge in [0.2, 0.25) is 0 Å². The highest BCUT2D eigenvalue weighted by molar-refractivity contribution is 6.30. The molecule has 1 aromatic heterocycles. The predicted octanol–water partition coefficient (Wildman–Crippen LogP) is 3.36. The Hall–Kier alpha value is -1.81. The van der Waals surface area contributed by atoms with Gasteiger partial charge in [-0.1, -0.05) is 11.6 Å². The highest BCUT2D eigenvalue weighted by Gasteiger charge is 2.31. The Kier molecular flexibility index (Phi) is 3.72. The van der Waals surface area contributed by atoms with Gasteiger partial charge in [0, 0.05) is 35.9 Å². The van der Waals surface area contributed by atoms with Gasteiger partial charge in [-0.15, -0.1) is 0 Å². The number of carbonyl (C=O) groups excluding carboxylic acids is 1. The highest BCUT2D eigenvalue weighted by Crippen LogP contribution is 2.33. The molecule has 2 heterocycles. The summed E-state index contributed by atoms with van der Waals surface area (Å²) in [6.07, 6.45) is 5.86. The van der Waals surface area contributed by atoms with Crippen molar-refractivity contribution in [2.24, 2.45) is 7.05 Å². The minimum absolute atomic E-state index is 0.0792. The fraction of sp³-hybridized carbons (Fsp3) is 0.375. The first-order valence-electron chi connectivity index (χ1n) is 7.12. The summed E-state index contributed by atoms with van der Waals surface area (Å²) in [4.78, 5) is 14.8. The number of benzene rings is 1. The van der Waals surface area contributed by atoms with Crippen molar-refractivity contribution >= 4 is 17.5 Å². The van der Waals surface area contributed by atoms with Gasteiger partial charge in [-0.05, 0) is 43.5 Å². The lowest BCUT2D eigenvalue weighted by Gasteiger charge is -2.24. The molecular formula is C16H18ClN3O. The van der Waals surface area contributed by atoms with Crippen molar-refractivity contribution in [2.45, 2.75) is 25.8 Å². The molecule has 0 aliphatic carbocycles. The van der Waals surface area contributed by atoms with Gasteiger partial charge in [-0.2, -0.15) is 5.10 Å². The van der Waals surface area contributed by atoms with E-state index in [9.17, 15) is 4.79 Å². The SMILES string of the molecule is Cc1cc(Cl)ccc1C(=O)N1CCC[C@@H]1c1cnn(C)c1. The van der Waals surface area contributed by atoms with E-state index in [0.717, 1.165) is 36.1 Å². The fourth-order valence-electron chi connectivity index (χ4n) is 2.99. The topological polar surface area (TPSA) is 38.1 Å². The van der Waals surface area contributed by atoms with Crippen LogP contribution in [0.25, 0.3) is 0 Å². The van der Waals surface area contributed by atoms with Crippen LogP contribution in [0.15, 0.2) is 30.6 Å². The number of rotatable bonds is 2. The number of hydrogen-bond donors (Lipinski definition) is 0. The number of aryl methyl sites for hydroxylation is 2. The monoisotopic (exact) mass is 303 g/mol. The van der Waals surface area contributed by atoms with E-state index < -0.39 is 0 Å². The molecule has 0 N–H and O–H groups in total. The predicted molar refractivity (Wildman–Crippen MR) is 82.4 cm³/mol. The molecule has 0 saturated carbocycles. The Bertz CT molecular complexity index is 680. The third-order valence-electron chi connectivity index (χ3n) is 4.04. The second-order valence-electron chi connectivity index (χ2n) is 5.56. The molecule has 2 aromatic rings. The molecule has 1 aliphatic heterocycles. The summed E-state index contributed by atoms with van der Waals surface area (Å²) in [6, 6.07) is 5.56. The fourth-order valence-corrected chi connectivity index (χ4v) is 3.22. The molecular weight excluding hydrogens is 286 g/mol. The molecule has 1 atom stereocenters. The van der Waals surface area contributed by atoms with E-state index in [4.69, 9.17) is 11.6 Å². The molecule has 21 heavy (non-hydrogen) atoms. The van der Waals surface area contributed by atoms with Crippen molar-refractivity contribution in [2.75, 3.05) is 6.54 Å². The van der Waals surface area contributed by atoms with E-state index in [0.29, 0.717) is 5.02 Å². The summed E-state index contributed by atoms with van der Waals surface area (Å²) in [7, 11) is 1.90. The highest BCUT2D eigenvalue weighted by atomic mass is 35.5. The van der Waals surface area contributed by atoms with Gasteiger partial charge in [0.25, 0.3) is 5.91 Å². The average molecular weight is 304 g/mol.